The first kappa shape index (κ1) is 13.1. The molecule has 1 N–H and O–H groups in total. The zero-order chi connectivity index (χ0) is 14.3. The fraction of sp³-hybridized carbons (Fsp3) is 0.286. The number of hydrogen-bond donors (Lipinski definition) is 1. The Morgan fingerprint density at radius 2 is 2.15 bits per heavy atom. The normalized spacial score (nSPS) is 22.4. The van der Waals surface area contributed by atoms with Crippen LogP contribution in [-0.4, -0.2) is 40.6 Å². The lowest BCUT2D eigenvalue weighted by atomic mass is 10.1. The van der Waals surface area contributed by atoms with Gasteiger partial charge in [-0.05, 0) is 35.0 Å². The molecule has 0 radical (unpaired) electrons. The highest BCUT2D eigenvalue weighted by Crippen LogP contribution is 2.28. The Morgan fingerprint density at radius 1 is 1.35 bits per heavy atom. The Hall–Kier alpha value is -1.95. The van der Waals surface area contributed by atoms with Crippen molar-refractivity contribution in [1.29, 1.82) is 0 Å². The van der Waals surface area contributed by atoms with E-state index in [0.29, 0.717) is 5.56 Å². The van der Waals surface area contributed by atoms with Crippen molar-refractivity contribution >= 4 is 33.3 Å². The van der Waals surface area contributed by atoms with Gasteiger partial charge in [0, 0.05) is 23.2 Å². The number of halogens is 1. The Bertz CT molecular complexity index is 699. The molecule has 1 aliphatic heterocycles. The van der Waals surface area contributed by atoms with Gasteiger partial charge in [0.05, 0.1) is 6.54 Å². The van der Waals surface area contributed by atoms with E-state index in [2.05, 4.69) is 0 Å². The molecule has 2 heterocycles. The van der Waals surface area contributed by atoms with Gasteiger partial charge in [0.2, 0.25) is 5.67 Å². The van der Waals surface area contributed by atoms with Gasteiger partial charge in [-0.25, -0.2) is 9.18 Å². The van der Waals surface area contributed by atoms with Gasteiger partial charge in [-0.1, -0.05) is 0 Å². The fourth-order valence-electron chi connectivity index (χ4n) is 2.40. The molecule has 0 spiro atoms. The maximum Gasteiger partial charge on any atom is 0.343 e. The summed E-state index contributed by atoms with van der Waals surface area (Å²) in [5.74, 6) is -1.82. The molecule has 1 amide bonds. The lowest BCUT2D eigenvalue weighted by Crippen LogP contribution is -2.38. The van der Waals surface area contributed by atoms with Crippen LogP contribution < -0.4 is 0 Å². The predicted molar refractivity (Wildman–Crippen MR) is 73.8 cm³/mol. The minimum absolute atomic E-state index is 0.128. The Labute approximate surface area is 118 Å². The number of nitrogens with zero attached hydrogens (tertiary/aromatic N) is 1. The van der Waals surface area contributed by atoms with Gasteiger partial charge in [-0.3, -0.25) is 4.79 Å². The van der Waals surface area contributed by atoms with Crippen LogP contribution in [0.25, 0.3) is 10.1 Å². The number of carbonyl (C=O) groups excluding carboxylic acids is 1. The van der Waals surface area contributed by atoms with E-state index in [-0.39, 0.29) is 25.4 Å². The smallest absolute Gasteiger partial charge is 0.343 e. The number of carboxylic acids is 1. The highest BCUT2D eigenvalue weighted by Gasteiger charge is 2.46. The third kappa shape index (κ3) is 2.06. The molecule has 2 aromatic rings. The molecule has 1 fully saturated rings. The van der Waals surface area contributed by atoms with Crippen molar-refractivity contribution in [3.63, 3.8) is 0 Å². The first-order chi connectivity index (χ1) is 9.49. The number of alkyl halides is 1. The van der Waals surface area contributed by atoms with Gasteiger partial charge in [-0.2, -0.15) is 0 Å². The SMILES string of the molecule is O=C(c1ccc2sccc2c1)N1CC[C@@](F)(C(=O)O)C1. The number of hydrogen-bond acceptors (Lipinski definition) is 3. The number of fused-ring (bicyclic) bond motifs is 1. The number of likely N-dealkylation sites (tertiary alicyclic amines) is 1. The highest BCUT2D eigenvalue weighted by atomic mass is 32.1. The molecule has 4 nitrogen and oxygen atoms in total. The highest BCUT2D eigenvalue weighted by molar-refractivity contribution is 7.17. The first-order valence-corrected chi connectivity index (χ1v) is 7.06. The number of carboxylic acid groups (broad SMARTS) is 1. The van der Waals surface area contributed by atoms with Gasteiger partial charge in [0.1, 0.15) is 0 Å². The zero-order valence-corrected chi connectivity index (χ0v) is 11.3. The van der Waals surface area contributed by atoms with Crippen molar-refractivity contribution in [2.75, 3.05) is 13.1 Å². The van der Waals surface area contributed by atoms with Crippen molar-refractivity contribution in [3.05, 3.63) is 35.2 Å². The molecule has 6 heteroatoms. The van der Waals surface area contributed by atoms with Crippen LogP contribution in [0.5, 0.6) is 0 Å². The van der Waals surface area contributed by atoms with Crippen LogP contribution in [0, 0.1) is 0 Å². The van der Waals surface area contributed by atoms with Gasteiger partial charge >= 0.3 is 5.97 Å². The zero-order valence-electron chi connectivity index (χ0n) is 10.5. The summed E-state index contributed by atoms with van der Waals surface area (Å²) >= 11 is 1.58. The third-order valence-electron chi connectivity index (χ3n) is 3.59. The van der Waals surface area contributed by atoms with E-state index in [0.717, 1.165) is 10.1 Å². The summed E-state index contributed by atoms with van der Waals surface area (Å²) in [5.41, 5.74) is -1.85. The van der Waals surface area contributed by atoms with E-state index in [9.17, 15) is 14.0 Å². The van der Waals surface area contributed by atoms with Crippen molar-refractivity contribution in [2.24, 2.45) is 0 Å². The van der Waals surface area contributed by atoms with Gasteiger partial charge < -0.3 is 10.0 Å². The molecule has 0 aliphatic carbocycles. The number of carbonyl (C=O) groups is 2. The van der Waals surface area contributed by atoms with E-state index < -0.39 is 11.6 Å². The van der Waals surface area contributed by atoms with Crippen LogP contribution in [0.15, 0.2) is 29.6 Å². The van der Waals surface area contributed by atoms with Crippen molar-refractivity contribution in [2.45, 2.75) is 12.1 Å². The monoisotopic (exact) mass is 293 g/mol. The molecule has 1 aromatic carbocycles. The number of amides is 1. The second-order valence-electron chi connectivity index (χ2n) is 4.92. The lowest BCUT2D eigenvalue weighted by molar-refractivity contribution is -0.149. The Kier molecular flexibility index (Phi) is 2.97. The minimum atomic E-state index is -2.32. The number of benzene rings is 1. The van der Waals surface area contributed by atoms with E-state index in [1.54, 1.807) is 23.5 Å². The summed E-state index contributed by atoms with van der Waals surface area (Å²) in [6.07, 6.45) is -0.158. The second-order valence-corrected chi connectivity index (χ2v) is 5.87. The second kappa shape index (κ2) is 4.56. The molecule has 1 saturated heterocycles. The summed E-state index contributed by atoms with van der Waals surface area (Å²) < 4.78 is 15.1. The van der Waals surface area contributed by atoms with Gasteiger partial charge in [0.25, 0.3) is 5.91 Å². The molecule has 0 unspecified atom stereocenters. The average Bonchev–Trinajstić information content (AvgIpc) is 3.04. The van der Waals surface area contributed by atoms with Gasteiger partial charge in [0.15, 0.2) is 0 Å². The van der Waals surface area contributed by atoms with Crippen LogP contribution >= 0.6 is 11.3 Å². The first-order valence-electron chi connectivity index (χ1n) is 6.18. The summed E-state index contributed by atoms with van der Waals surface area (Å²) in [7, 11) is 0. The fourth-order valence-corrected chi connectivity index (χ4v) is 3.17. The molecule has 1 atom stereocenters. The van der Waals surface area contributed by atoms with Gasteiger partial charge in [-0.15, -0.1) is 11.3 Å². The summed E-state index contributed by atoms with van der Waals surface area (Å²) in [6, 6.07) is 7.22. The molecule has 1 aromatic heterocycles. The Morgan fingerprint density at radius 3 is 2.85 bits per heavy atom. The molecular weight excluding hydrogens is 281 g/mol. The number of aliphatic carboxylic acids is 1. The molecular formula is C14H12FNO3S. The number of rotatable bonds is 2. The van der Waals surface area contributed by atoms with Crippen molar-refractivity contribution in [1.82, 2.24) is 4.90 Å². The van der Waals surface area contributed by atoms with Crippen molar-refractivity contribution in [3.8, 4) is 0 Å². The van der Waals surface area contributed by atoms with Crippen LogP contribution in [0.3, 0.4) is 0 Å². The summed E-state index contributed by atoms with van der Waals surface area (Å²) in [5, 5.41) is 11.7. The molecule has 104 valence electrons. The molecule has 20 heavy (non-hydrogen) atoms. The lowest BCUT2D eigenvalue weighted by Gasteiger charge is -2.17. The molecule has 1 aliphatic rings. The van der Waals surface area contributed by atoms with Crippen LogP contribution in [0.4, 0.5) is 4.39 Å². The maximum absolute atomic E-state index is 14.0. The van der Waals surface area contributed by atoms with Crippen LogP contribution in [0.1, 0.15) is 16.8 Å². The van der Waals surface area contributed by atoms with Crippen LogP contribution in [0.2, 0.25) is 0 Å². The molecule has 3 rings (SSSR count). The topological polar surface area (TPSA) is 57.6 Å². The summed E-state index contributed by atoms with van der Waals surface area (Å²) in [6.45, 7) is -0.258. The van der Waals surface area contributed by atoms with Crippen molar-refractivity contribution < 1.29 is 19.1 Å². The quantitative estimate of drug-likeness (QED) is 0.925. The van der Waals surface area contributed by atoms with E-state index in [1.807, 2.05) is 17.5 Å². The average molecular weight is 293 g/mol. The molecule has 0 saturated carbocycles. The van der Waals surface area contributed by atoms with Crippen LogP contribution in [-0.2, 0) is 4.79 Å². The van der Waals surface area contributed by atoms with E-state index in [4.69, 9.17) is 5.11 Å². The largest absolute Gasteiger partial charge is 0.479 e. The maximum atomic E-state index is 14.0. The van der Waals surface area contributed by atoms with E-state index in [1.165, 1.54) is 4.90 Å². The third-order valence-corrected chi connectivity index (χ3v) is 4.49. The summed E-state index contributed by atoms with van der Waals surface area (Å²) in [4.78, 5) is 24.4. The number of thiophene rings is 1. The molecule has 0 bridgehead atoms. The van der Waals surface area contributed by atoms with E-state index >= 15 is 0 Å². The minimum Gasteiger partial charge on any atom is -0.479 e. The Balaban J connectivity index is 1.84. The predicted octanol–water partition coefficient (Wildman–Crippen LogP) is 2.54. The standard InChI is InChI=1S/C14H12FNO3S/c15-14(13(18)19)4-5-16(8-14)12(17)10-1-2-11-9(7-10)3-6-20-11/h1-3,6-7H,4-5,8H2,(H,18,19)/t14-/m0/s1.